The standard InChI is InChI=1S/C43H27N3/c1-2-10-29(11-3-1)40-26-41(36-16-7-4-13-32(36)31-12-9-25-44-27-31)46-43(45-40)30-21-19-28(20-22-30)33-23-24-39-35-15-6-5-14-34(35)38-18-8-17-37(33)42(38)39/h1-27H. The smallest absolute Gasteiger partial charge is 0.160 e. The average Bonchev–Trinajstić information content (AvgIpc) is 3.47. The SMILES string of the molecule is c1ccc(-c2cc(-c3ccccc3-c3cccnc3)nc(-c3ccc(-c4ccc5c6c(cccc46)-c4ccccc4-5)cc3)n2)cc1. The Bertz CT molecular complexity index is 2370. The molecule has 0 saturated heterocycles. The minimum atomic E-state index is 0.694. The Morgan fingerprint density at radius 2 is 0.957 bits per heavy atom. The van der Waals surface area contributed by atoms with Gasteiger partial charge in [0.05, 0.1) is 11.4 Å². The summed E-state index contributed by atoms with van der Waals surface area (Å²) in [6, 6.07) is 53.4. The van der Waals surface area contributed by atoms with Crippen LogP contribution >= 0.6 is 0 Å². The van der Waals surface area contributed by atoms with E-state index in [0.717, 1.165) is 39.2 Å². The van der Waals surface area contributed by atoms with Crippen molar-refractivity contribution in [1.82, 2.24) is 15.0 Å². The van der Waals surface area contributed by atoms with Crippen molar-refractivity contribution in [3.05, 3.63) is 164 Å². The summed E-state index contributed by atoms with van der Waals surface area (Å²) in [5, 5.41) is 2.61. The topological polar surface area (TPSA) is 38.7 Å². The van der Waals surface area contributed by atoms with Gasteiger partial charge in [0.2, 0.25) is 0 Å². The Kier molecular flexibility index (Phi) is 6.14. The van der Waals surface area contributed by atoms with E-state index >= 15 is 0 Å². The van der Waals surface area contributed by atoms with Gasteiger partial charge in [-0.25, -0.2) is 9.97 Å². The highest BCUT2D eigenvalue weighted by molar-refractivity contribution is 6.18. The van der Waals surface area contributed by atoms with Gasteiger partial charge in [-0.2, -0.15) is 0 Å². The largest absolute Gasteiger partial charge is 0.264 e. The number of rotatable bonds is 5. The molecule has 0 N–H and O–H groups in total. The molecule has 0 saturated carbocycles. The summed E-state index contributed by atoms with van der Waals surface area (Å²) in [6.45, 7) is 0. The van der Waals surface area contributed by atoms with Crippen LogP contribution in [-0.4, -0.2) is 15.0 Å². The zero-order valence-corrected chi connectivity index (χ0v) is 24.9. The van der Waals surface area contributed by atoms with Crippen molar-refractivity contribution in [3.63, 3.8) is 0 Å². The fraction of sp³-hybridized carbons (Fsp3) is 0. The second-order valence-electron chi connectivity index (χ2n) is 11.6. The Morgan fingerprint density at radius 1 is 0.348 bits per heavy atom. The van der Waals surface area contributed by atoms with E-state index < -0.39 is 0 Å². The zero-order chi connectivity index (χ0) is 30.5. The molecule has 0 fully saturated rings. The van der Waals surface area contributed by atoms with Crippen LogP contribution in [-0.2, 0) is 0 Å². The van der Waals surface area contributed by atoms with E-state index in [1.165, 1.54) is 44.2 Å². The van der Waals surface area contributed by atoms with Gasteiger partial charge in [-0.15, -0.1) is 0 Å². The number of benzene rings is 6. The van der Waals surface area contributed by atoms with E-state index in [9.17, 15) is 0 Å². The first-order valence-electron chi connectivity index (χ1n) is 15.5. The molecule has 46 heavy (non-hydrogen) atoms. The molecule has 0 aliphatic heterocycles. The molecule has 0 unspecified atom stereocenters. The molecule has 6 aromatic carbocycles. The number of hydrogen-bond acceptors (Lipinski definition) is 3. The fourth-order valence-corrected chi connectivity index (χ4v) is 6.81. The third kappa shape index (κ3) is 4.33. The van der Waals surface area contributed by atoms with Crippen LogP contribution in [0.4, 0.5) is 0 Å². The predicted octanol–water partition coefficient (Wildman–Crippen LogP) is 11.0. The molecule has 0 radical (unpaired) electrons. The molecule has 0 atom stereocenters. The number of pyridine rings is 1. The molecular weight excluding hydrogens is 558 g/mol. The molecule has 3 nitrogen and oxygen atoms in total. The highest BCUT2D eigenvalue weighted by atomic mass is 14.9. The number of hydrogen-bond donors (Lipinski definition) is 0. The van der Waals surface area contributed by atoms with Gasteiger partial charge < -0.3 is 0 Å². The summed E-state index contributed by atoms with van der Waals surface area (Å²) in [5.41, 5.74) is 14.6. The number of nitrogens with zero attached hydrogens (tertiary/aromatic N) is 3. The van der Waals surface area contributed by atoms with Gasteiger partial charge in [-0.3, -0.25) is 4.98 Å². The first-order valence-corrected chi connectivity index (χ1v) is 15.5. The lowest BCUT2D eigenvalue weighted by Gasteiger charge is -2.13. The van der Waals surface area contributed by atoms with Crippen molar-refractivity contribution in [2.24, 2.45) is 0 Å². The lowest BCUT2D eigenvalue weighted by atomic mass is 9.94. The highest BCUT2D eigenvalue weighted by Crippen LogP contribution is 2.49. The first kappa shape index (κ1) is 26.2. The van der Waals surface area contributed by atoms with Gasteiger partial charge >= 0.3 is 0 Å². The molecule has 0 spiro atoms. The maximum absolute atomic E-state index is 5.16. The van der Waals surface area contributed by atoms with Crippen molar-refractivity contribution in [1.29, 1.82) is 0 Å². The first-order chi connectivity index (χ1) is 22.8. The molecule has 2 heterocycles. The summed E-state index contributed by atoms with van der Waals surface area (Å²) in [7, 11) is 0. The van der Waals surface area contributed by atoms with Crippen molar-refractivity contribution < 1.29 is 0 Å². The molecule has 1 aliphatic carbocycles. The van der Waals surface area contributed by atoms with E-state index in [2.05, 4.69) is 132 Å². The molecular formula is C43H27N3. The maximum atomic E-state index is 5.16. The third-order valence-corrected chi connectivity index (χ3v) is 8.97. The van der Waals surface area contributed by atoms with Crippen LogP contribution in [0.2, 0.25) is 0 Å². The second-order valence-corrected chi connectivity index (χ2v) is 11.6. The Balaban J connectivity index is 1.16. The van der Waals surface area contributed by atoms with Crippen molar-refractivity contribution in [2.45, 2.75) is 0 Å². The fourth-order valence-electron chi connectivity index (χ4n) is 6.81. The zero-order valence-electron chi connectivity index (χ0n) is 24.9. The average molecular weight is 586 g/mol. The van der Waals surface area contributed by atoms with Crippen LogP contribution in [0.15, 0.2) is 164 Å². The molecule has 9 rings (SSSR count). The summed E-state index contributed by atoms with van der Waals surface area (Å²) in [4.78, 5) is 14.6. The van der Waals surface area contributed by atoms with Crippen molar-refractivity contribution >= 4 is 10.8 Å². The minimum Gasteiger partial charge on any atom is -0.264 e. The van der Waals surface area contributed by atoms with E-state index in [1.54, 1.807) is 6.20 Å². The van der Waals surface area contributed by atoms with Crippen LogP contribution < -0.4 is 0 Å². The monoisotopic (exact) mass is 585 g/mol. The predicted molar refractivity (Wildman–Crippen MR) is 189 cm³/mol. The van der Waals surface area contributed by atoms with Crippen LogP contribution in [0.1, 0.15) is 0 Å². The van der Waals surface area contributed by atoms with Gasteiger partial charge in [0, 0.05) is 34.6 Å². The minimum absolute atomic E-state index is 0.694. The van der Waals surface area contributed by atoms with E-state index in [1.807, 2.05) is 30.5 Å². The molecule has 0 bridgehead atoms. The third-order valence-electron chi connectivity index (χ3n) is 8.97. The lowest BCUT2D eigenvalue weighted by molar-refractivity contribution is 1.18. The van der Waals surface area contributed by atoms with Gasteiger partial charge in [0.25, 0.3) is 0 Å². The van der Waals surface area contributed by atoms with Gasteiger partial charge in [-0.1, -0.05) is 140 Å². The molecule has 1 aliphatic rings. The van der Waals surface area contributed by atoms with Gasteiger partial charge in [-0.05, 0) is 61.8 Å². The van der Waals surface area contributed by atoms with Crippen LogP contribution in [0.3, 0.4) is 0 Å². The summed E-state index contributed by atoms with van der Waals surface area (Å²) in [5.74, 6) is 0.694. The normalized spacial score (nSPS) is 11.5. The molecule has 0 amide bonds. The summed E-state index contributed by atoms with van der Waals surface area (Å²) >= 11 is 0. The maximum Gasteiger partial charge on any atom is 0.160 e. The number of aromatic nitrogens is 3. The van der Waals surface area contributed by atoms with Crippen LogP contribution in [0, 0.1) is 0 Å². The second kappa shape index (κ2) is 10.8. The van der Waals surface area contributed by atoms with Gasteiger partial charge in [0.15, 0.2) is 5.82 Å². The van der Waals surface area contributed by atoms with E-state index in [4.69, 9.17) is 9.97 Å². The molecule has 214 valence electrons. The lowest BCUT2D eigenvalue weighted by Crippen LogP contribution is -1.97. The van der Waals surface area contributed by atoms with Crippen LogP contribution in [0.25, 0.3) is 89.2 Å². The molecule has 3 heteroatoms. The summed E-state index contributed by atoms with van der Waals surface area (Å²) < 4.78 is 0. The van der Waals surface area contributed by atoms with E-state index in [0.29, 0.717) is 5.82 Å². The van der Waals surface area contributed by atoms with E-state index in [-0.39, 0.29) is 0 Å². The number of fused-ring (bicyclic) bond motifs is 3. The summed E-state index contributed by atoms with van der Waals surface area (Å²) in [6.07, 6.45) is 3.70. The molecule has 2 aromatic heterocycles. The molecule has 8 aromatic rings. The van der Waals surface area contributed by atoms with Crippen molar-refractivity contribution in [2.75, 3.05) is 0 Å². The quantitative estimate of drug-likeness (QED) is 0.202. The highest BCUT2D eigenvalue weighted by Gasteiger charge is 2.22. The Labute approximate surface area is 267 Å². The Morgan fingerprint density at radius 3 is 1.72 bits per heavy atom. The van der Waals surface area contributed by atoms with Crippen molar-refractivity contribution in [3.8, 4) is 78.4 Å². The van der Waals surface area contributed by atoms with Gasteiger partial charge in [0.1, 0.15) is 0 Å². The van der Waals surface area contributed by atoms with Crippen LogP contribution in [0.5, 0.6) is 0 Å². The Hall–Kier alpha value is -6.19.